The van der Waals surface area contributed by atoms with Crippen LogP contribution in [0.15, 0.2) is 83.6 Å². The minimum atomic E-state index is -0.249. The molecule has 1 aromatic heterocycles. The second-order valence-corrected chi connectivity index (χ2v) is 8.82. The van der Waals surface area contributed by atoms with Crippen molar-refractivity contribution in [3.63, 3.8) is 0 Å². The first-order valence-corrected chi connectivity index (χ1v) is 12.3. The van der Waals surface area contributed by atoms with Crippen LogP contribution < -0.4 is 20.2 Å². The predicted molar refractivity (Wildman–Crippen MR) is 141 cm³/mol. The van der Waals surface area contributed by atoms with E-state index in [1.165, 1.54) is 17.1 Å². The Balaban J connectivity index is 1.18. The number of carbonyl (C=O) groups excluding carboxylic acids is 1. The molecule has 1 aliphatic heterocycles. The van der Waals surface area contributed by atoms with Gasteiger partial charge in [0.2, 0.25) is 6.79 Å². The number of anilines is 1. The summed E-state index contributed by atoms with van der Waals surface area (Å²) in [6.45, 7) is 5.07. The van der Waals surface area contributed by atoms with Gasteiger partial charge in [-0.3, -0.25) is 4.79 Å². The van der Waals surface area contributed by atoms with Crippen LogP contribution in [0.2, 0.25) is 0 Å². The Morgan fingerprint density at radius 1 is 1.11 bits per heavy atom. The molecule has 9 nitrogen and oxygen atoms in total. The Bertz CT molecular complexity index is 1430. The molecule has 2 heterocycles. The average molecular weight is 501 g/mol. The molecule has 1 aliphatic rings. The van der Waals surface area contributed by atoms with E-state index in [4.69, 9.17) is 9.47 Å². The van der Waals surface area contributed by atoms with E-state index in [1.807, 2.05) is 34.9 Å². The summed E-state index contributed by atoms with van der Waals surface area (Å²) in [5.74, 6) is 2.01. The number of hydrogen-bond donors (Lipinski definition) is 2. The molecule has 10 heteroatoms. The van der Waals surface area contributed by atoms with Gasteiger partial charge >= 0.3 is 0 Å². The SMILES string of the molecule is C=CCn1c(CNc2cccc3ccccc23)nnc1SCC(=O)N/N=C\c1ccc2c(c1)OCO2. The quantitative estimate of drug-likeness (QED) is 0.146. The third-order valence-corrected chi connectivity index (χ3v) is 6.43. The number of aromatic nitrogens is 3. The Morgan fingerprint density at radius 2 is 1.97 bits per heavy atom. The largest absolute Gasteiger partial charge is 0.454 e. The van der Waals surface area contributed by atoms with E-state index >= 15 is 0 Å². The average Bonchev–Trinajstić information content (AvgIpc) is 3.53. The molecule has 0 saturated carbocycles. The van der Waals surface area contributed by atoms with Gasteiger partial charge in [0.15, 0.2) is 22.5 Å². The summed E-state index contributed by atoms with van der Waals surface area (Å²) in [5, 5.41) is 19.1. The lowest BCUT2D eigenvalue weighted by Gasteiger charge is -2.11. The molecule has 36 heavy (non-hydrogen) atoms. The highest BCUT2D eigenvalue weighted by Gasteiger charge is 2.14. The monoisotopic (exact) mass is 500 g/mol. The van der Waals surface area contributed by atoms with E-state index in [1.54, 1.807) is 24.4 Å². The van der Waals surface area contributed by atoms with Gasteiger partial charge in [0.25, 0.3) is 5.91 Å². The van der Waals surface area contributed by atoms with Gasteiger partial charge in [-0.25, -0.2) is 5.43 Å². The Morgan fingerprint density at radius 3 is 2.89 bits per heavy atom. The zero-order chi connectivity index (χ0) is 24.7. The lowest BCUT2D eigenvalue weighted by atomic mass is 10.1. The number of fused-ring (bicyclic) bond motifs is 2. The van der Waals surface area contributed by atoms with Gasteiger partial charge in [-0.15, -0.1) is 16.8 Å². The van der Waals surface area contributed by atoms with Crippen LogP contribution in [0.4, 0.5) is 5.69 Å². The maximum absolute atomic E-state index is 12.3. The Kier molecular flexibility index (Phi) is 7.13. The van der Waals surface area contributed by atoms with Crippen molar-refractivity contribution in [1.82, 2.24) is 20.2 Å². The molecule has 0 radical (unpaired) electrons. The number of amides is 1. The highest BCUT2D eigenvalue weighted by molar-refractivity contribution is 7.99. The molecular formula is C26H24N6O3S. The molecule has 182 valence electrons. The molecule has 0 bridgehead atoms. The fraction of sp³-hybridized carbons (Fsp3) is 0.154. The van der Waals surface area contributed by atoms with E-state index in [0.29, 0.717) is 29.7 Å². The number of nitrogens with zero attached hydrogens (tertiary/aromatic N) is 4. The molecular weight excluding hydrogens is 476 g/mol. The number of nitrogens with one attached hydrogen (secondary N) is 2. The lowest BCUT2D eigenvalue weighted by molar-refractivity contribution is -0.118. The predicted octanol–water partition coefficient (Wildman–Crippen LogP) is 4.20. The van der Waals surface area contributed by atoms with Gasteiger partial charge in [-0.05, 0) is 35.2 Å². The number of benzene rings is 3. The fourth-order valence-electron chi connectivity index (χ4n) is 3.76. The highest BCUT2D eigenvalue weighted by atomic mass is 32.2. The van der Waals surface area contributed by atoms with Gasteiger partial charge in [0, 0.05) is 17.6 Å². The van der Waals surface area contributed by atoms with Crippen LogP contribution >= 0.6 is 11.8 Å². The van der Waals surface area contributed by atoms with Crippen molar-refractivity contribution in [2.45, 2.75) is 18.2 Å². The van der Waals surface area contributed by atoms with E-state index in [9.17, 15) is 4.79 Å². The van der Waals surface area contributed by atoms with Crippen LogP contribution in [-0.4, -0.2) is 39.4 Å². The molecule has 5 rings (SSSR count). The molecule has 0 aliphatic carbocycles. The minimum absolute atomic E-state index is 0.143. The van der Waals surface area contributed by atoms with Gasteiger partial charge in [-0.1, -0.05) is 54.2 Å². The lowest BCUT2D eigenvalue weighted by Crippen LogP contribution is -2.20. The maximum Gasteiger partial charge on any atom is 0.250 e. The topological polar surface area (TPSA) is 103 Å². The minimum Gasteiger partial charge on any atom is -0.454 e. The normalized spacial score (nSPS) is 12.2. The number of carbonyl (C=O) groups is 1. The zero-order valence-electron chi connectivity index (χ0n) is 19.4. The molecule has 0 unspecified atom stereocenters. The molecule has 0 spiro atoms. The molecule has 0 fully saturated rings. The smallest absolute Gasteiger partial charge is 0.250 e. The number of ether oxygens (including phenoxy) is 2. The summed E-state index contributed by atoms with van der Waals surface area (Å²) in [7, 11) is 0. The number of rotatable bonds is 10. The number of thioether (sulfide) groups is 1. The second-order valence-electron chi connectivity index (χ2n) is 7.87. The van der Waals surface area contributed by atoms with Gasteiger partial charge < -0.3 is 19.4 Å². The van der Waals surface area contributed by atoms with Crippen LogP contribution in [0.25, 0.3) is 10.8 Å². The first-order chi connectivity index (χ1) is 17.7. The molecule has 3 aromatic carbocycles. The number of hydrazone groups is 1. The molecule has 4 aromatic rings. The first-order valence-electron chi connectivity index (χ1n) is 11.3. The Hall–Kier alpha value is -4.31. The molecule has 0 atom stereocenters. The van der Waals surface area contributed by atoms with E-state index in [-0.39, 0.29) is 18.5 Å². The van der Waals surface area contributed by atoms with Crippen LogP contribution in [0.1, 0.15) is 11.4 Å². The summed E-state index contributed by atoms with van der Waals surface area (Å²) < 4.78 is 12.6. The van der Waals surface area contributed by atoms with Crippen molar-refractivity contribution < 1.29 is 14.3 Å². The summed E-state index contributed by atoms with van der Waals surface area (Å²) in [5.41, 5.74) is 4.35. The van der Waals surface area contributed by atoms with Crippen molar-refractivity contribution in [1.29, 1.82) is 0 Å². The Labute approximate surface area is 212 Å². The van der Waals surface area contributed by atoms with Gasteiger partial charge in [0.1, 0.15) is 0 Å². The highest BCUT2D eigenvalue weighted by Crippen LogP contribution is 2.32. The first kappa shape index (κ1) is 23.4. The second kappa shape index (κ2) is 11.0. The van der Waals surface area contributed by atoms with Crippen LogP contribution in [-0.2, 0) is 17.9 Å². The van der Waals surface area contributed by atoms with Crippen LogP contribution in [0.3, 0.4) is 0 Å². The van der Waals surface area contributed by atoms with Gasteiger partial charge in [0.05, 0.1) is 18.5 Å². The van der Waals surface area contributed by atoms with Crippen LogP contribution in [0, 0.1) is 0 Å². The molecule has 0 saturated heterocycles. The summed E-state index contributed by atoms with van der Waals surface area (Å²) in [4.78, 5) is 12.3. The van der Waals surface area contributed by atoms with Crippen LogP contribution in [0.5, 0.6) is 11.5 Å². The van der Waals surface area contributed by atoms with Crippen molar-refractivity contribution in [3.8, 4) is 11.5 Å². The number of allylic oxidation sites excluding steroid dienone is 1. The van der Waals surface area contributed by atoms with E-state index in [0.717, 1.165) is 22.5 Å². The van der Waals surface area contributed by atoms with Crippen molar-refractivity contribution in [3.05, 3.63) is 84.7 Å². The van der Waals surface area contributed by atoms with Crippen molar-refractivity contribution in [2.75, 3.05) is 17.9 Å². The maximum atomic E-state index is 12.3. The number of hydrogen-bond acceptors (Lipinski definition) is 8. The fourth-order valence-corrected chi connectivity index (χ4v) is 4.52. The zero-order valence-corrected chi connectivity index (χ0v) is 20.2. The van der Waals surface area contributed by atoms with Crippen molar-refractivity contribution in [2.24, 2.45) is 5.10 Å². The van der Waals surface area contributed by atoms with Gasteiger partial charge in [-0.2, -0.15) is 5.10 Å². The van der Waals surface area contributed by atoms with E-state index in [2.05, 4.69) is 50.8 Å². The third kappa shape index (κ3) is 5.33. The molecule has 1 amide bonds. The summed E-state index contributed by atoms with van der Waals surface area (Å²) in [6, 6.07) is 19.8. The molecule has 2 N–H and O–H groups in total. The standard InChI is InChI=1S/C26H24N6O3S/c1-2-12-32-24(15-27-21-9-5-7-19-6-3-4-8-20(19)21)29-31-26(32)36-16-25(33)30-28-14-18-10-11-22-23(13-18)35-17-34-22/h2-11,13-14,27H,1,12,15-17H2,(H,30,33)/b28-14-. The summed E-state index contributed by atoms with van der Waals surface area (Å²) in [6.07, 6.45) is 3.34. The third-order valence-electron chi connectivity index (χ3n) is 5.46. The van der Waals surface area contributed by atoms with E-state index < -0.39 is 0 Å². The summed E-state index contributed by atoms with van der Waals surface area (Å²) >= 11 is 1.29. The van der Waals surface area contributed by atoms with Crippen molar-refractivity contribution >= 4 is 40.3 Å².